The first kappa shape index (κ1) is 14.1. The highest BCUT2D eigenvalue weighted by Gasteiger charge is 2.14. The summed E-state index contributed by atoms with van der Waals surface area (Å²) in [6.07, 6.45) is 1.82. The highest BCUT2D eigenvalue weighted by molar-refractivity contribution is 5.50. The summed E-state index contributed by atoms with van der Waals surface area (Å²) >= 11 is 0. The minimum Gasteiger partial charge on any atom is -0.314 e. The molecule has 5 nitrogen and oxygen atoms in total. The fraction of sp³-hybridized carbons (Fsp3) is 0.462. The molecule has 0 aliphatic carbocycles. The minimum absolute atomic E-state index is 0.125. The van der Waals surface area contributed by atoms with Crippen LogP contribution in [-0.2, 0) is 6.42 Å². The van der Waals surface area contributed by atoms with Gasteiger partial charge in [-0.15, -0.1) is 0 Å². The lowest BCUT2D eigenvalue weighted by molar-refractivity contribution is -0.385. The Kier molecular flexibility index (Phi) is 5.28. The van der Waals surface area contributed by atoms with E-state index in [4.69, 9.17) is 5.26 Å². The quantitative estimate of drug-likeness (QED) is 0.618. The molecular formula is C13H17N3O2. The lowest BCUT2D eigenvalue weighted by atomic mass is 10.0. The van der Waals surface area contributed by atoms with E-state index < -0.39 is 4.92 Å². The lowest BCUT2D eigenvalue weighted by Crippen LogP contribution is -2.28. The van der Waals surface area contributed by atoms with E-state index in [-0.39, 0.29) is 17.3 Å². The number of nitriles is 1. The molecule has 1 atom stereocenters. The first-order chi connectivity index (χ1) is 8.58. The first-order valence-corrected chi connectivity index (χ1v) is 5.99. The highest BCUT2D eigenvalue weighted by atomic mass is 16.6. The van der Waals surface area contributed by atoms with Gasteiger partial charge in [0.15, 0.2) is 0 Å². The van der Waals surface area contributed by atoms with Crippen LogP contribution in [0.25, 0.3) is 0 Å². The van der Waals surface area contributed by atoms with Gasteiger partial charge in [0.2, 0.25) is 0 Å². The fourth-order valence-electron chi connectivity index (χ4n) is 1.78. The second-order valence-corrected chi connectivity index (χ2v) is 4.28. The summed E-state index contributed by atoms with van der Waals surface area (Å²) in [6.45, 7) is 5.10. The molecule has 0 radical (unpaired) electrons. The topological polar surface area (TPSA) is 79.0 Å². The number of nitro benzene ring substituents is 1. The third-order valence-electron chi connectivity index (χ3n) is 2.66. The van der Waals surface area contributed by atoms with E-state index in [0.717, 1.165) is 24.9 Å². The van der Waals surface area contributed by atoms with Crippen molar-refractivity contribution in [1.82, 2.24) is 5.32 Å². The predicted octanol–water partition coefficient (Wildman–Crippen LogP) is 2.40. The Bertz CT molecular complexity index is 466. The Hall–Kier alpha value is -1.93. The predicted molar refractivity (Wildman–Crippen MR) is 69.3 cm³/mol. The number of hydrogen-bond donors (Lipinski definition) is 1. The molecule has 0 saturated heterocycles. The molecule has 96 valence electrons. The highest BCUT2D eigenvalue weighted by Crippen LogP contribution is 2.19. The molecule has 1 rings (SSSR count). The van der Waals surface area contributed by atoms with E-state index in [1.807, 2.05) is 6.07 Å². The molecule has 1 unspecified atom stereocenters. The molecule has 1 N–H and O–H groups in total. The molecule has 0 aliphatic rings. The molecule has 1 aromatic rings. The van der Waals surface area contributed by atoms with Gasteiger partial charge in [-0.05, 0) is 37.9 Å². The molecular weight excluding hydrogens is 230 g/mol. The summed E-state index contributed by atoms with van der Waals surface area (Å²) in [6, 6.07) is 6.88. The SMILES string of the molecule is CCCNC(C)Cc1ccc([N+](=O)[O-])c(C#N)c1. The van der Waals surface area contributed by atoms with E-state index in [0.29, 0.717) is 0 Å². The smallest absolute Gasteiger partial charge is 0.287 e. The Balaban J connectivity index is 2.80. The molecule has 0 amide bonds. The van der Waals surface area contributed by atoms with E-state index in [9.17, 15) is 10.1 Å². The van der Waals surface area contributed by atoms with Gasteiger partial charge in [-0.3, -0.25) is 10.1 Å². The standard InChI is InChI=1S/C13H17N3O2/c1-3-6-15-10(2)7-11-4-5-13(16(17)18)12(8-11)9-14/h4-5,8,10,15H,3,6-7H2,1-2H3. The van der Waals surface area contributed by atoms with Gasteiger partial charge in [0.25, 0.3) is 5.69 Å². The molecule has 0 saturated carbocycles. The van der Waals surface area contributed by atoms with Crippen LogP contribution in [0.15, 0.2) is 18.2 Å². The van der Waals surface area contributed by atoms with Gasteiger partial charge >= 0.3 is 0 Å². The zero-order valence-corrected chi connectivity index (χ0v) is 10.6. The summed E-state index contributed by atoms with van der Waals surface area (Å²) in [4.78, 5) is 10.2. The van der Waals surface area contributed by atoms with Gasteiger partial charge < -0.3 is 5.32 Å². The van der Waals surface area contributed by atoms with Crippen LogP contribution in [-0.4, -0.2) is 17.5 Å². The normalized spacial score (nSPS) is 11.8. The summed E-state index contributed by atoms with van der Waals surface area (Å²) in [5.41, 5.74) is 0.934. The molecule has 18 heavy (non-hydrogen) atoms. The van der Waals surface area contributed by atoms with E-state index in [2.05, 4.69) is 19.2 Å². The van der Waals surface area contributed by atoms with Crippen molar-refractivity contribution in [3.05, 3.63) is 39.4 Å². The molecule has 0 bridgehead atoms. The fourth-order valence-corrected chi connectivity index (χ4v) is 1.78. The molecule has 0 heterocycles. The average molecular weight is 247 g/mol. The third-order valence-corrected chi connectivity index (χ3v) is 2.66. The van der Waals surface area contributed by atoms with E-state index in [1.165, 1.54) is 6.07 Å². The van der Waals surface area contributed by atoms with Crippen LogP contribution < -0.4 is 5.32 Å². The zero-order chi connectivity index (χ0) is 13.5. The van der Waals surface area contributed by atoms with Crippen molar-refractivity contribution < 1.29 is 4.92 Å². The van der Waals surface area contributed by atoms with Gasteiger partial charge in [-0.25, -0.2) is 0 Å². The van der Waals surface area contributed by atoms with Crippen molar-refractivity contribution in [2.45, 2.75) is 32.7 Å². The number of hydrogen-bond acceptors (Lipinski definition) is 4. The number of nitrogens with one attached hydrogen (secondary N) is 1. The Morgan fingerprint density at radius 2 is 2.28 bits per heavy atom. The number of rotatable bonds is 6. The van der Waals surface area contributed by atoms with Gasteiger partial charge in [0.05, 0.1) is 4.92 Å². The van der Waals surface area contributed by atoms with Gasteiger partial charge in [-0.2, -0.15) is 5.26 Å². The van der Waals surface area contributed by atoms with Gasteiger partial charge in [0.1, 0.15) is 11.6 Å². The maximum Gasteiger partial charge on any atom is 0.287 e. The van der Waals surface area contributed by atoms with Crippen LogP contribution in [0.3, 0.4) is 0 Å². The molecule has 0 spiro atoms. The summed E-state index contributed by atoms with van der Waals surface area (Å²) in [5, 5.41) is 22.9. The molecule has 0 aliphatic heterocycles. The van der Waals surface area contributed by atoms with Crippen LogP contribution in [0, 0.1) is 21.4 Å². The molecule has 1 aromatic carbocycles. The second-order valence-electron chi connectivity index (χ2n) is 4.28. The van der Waals surface area contributed by atoms with Crippen molar-refractivity contribution >= 4 is 5.69 Å². The Morgan fingerprint density at radius 3 is 2.83 bits per heavy atom. The largest absolute Gasteiger partial charge is 0.314 e. The third kappa shape index (κ3) is 3.82. The monoisotopic (exact) mass is 247 g/mol. The van der Waals surface area contributed by atoms with Crippen LogP contribution in [0.1, 0.15) is 31.4 Å². The van der Waals surface area contributed by atoms with Crippen LogP contribution in [0.4, 0.5) is 5.69 Å². The summed E-state index contributed by atoms with van der Waals surface area (Å²) < 4.78 is 0. The number of benzene rings is 1. The van der Waals surface area contributed by atoms with Crippen LogP contribution >= 0.6 is 0 Å². The van der Waals surface area contributed by atoms with Crippen LogP contribution in [0.5, 0.6) is 0 Å². The van der Waals surface area contributed by atoms with Crippen LogP contribution in [0.2, 0.25) is 0 Å². The van der Waals surface area contributed by atoms with Crippen molar-refractivity contribution in [2.24, 2.45) is 0 Å². The van der Waals surface area contributed by atoms with Gasteiger partial charge in [0, 0.05) is 12.1 Å². The second kappa shape index (κ2) is 6.72. The lowest BCUT2D eigenvalue weighted by Gasteiger charge is -2.13. The minimum atomic E-state index is -0.527. The number of nitrogens with zero attached hydrogens (tertiary/aromatic N) is 2. The van der Waals surface area contributed by atoms with Gasteiger partial charge in [-0.1, -0.05) is 13.0 Å². The van der Waals surface area contributed by atoms with Crippen molar-refractivity contribution in [1.29, 1.82) is 5.26 Å². The molecule has 0 aromatic heterocycles. The molecule has 5 heteroatoms. The molecule has 0 fully saturated rings. The zero-order valence-electron chi connectivity index (χ0n) is 10.6. The Morgan fingerprint density at radius 1 is 1.56 bits per heavy atom. The number of nitro groups is 1. The average Bonchev–Trinajstić information content (AvgIpc) is 2.35. The van der Waals surface area contributed by atoms with Crippen molar-refractivity contribution in [3.63, 3.8) is 0 Å². The first-order valence-electron chi connectivity index (χ1n) is 5.99. The summed E-state index contributed by atoms with van der Waals surface area (Å²) in [5.74, 6) is 0. The van der Waals surface area contributed by atoms with Crippen molar-refractivity contribution in [3.8, 4) is 6.07 Å². The summed E-state index contributed by atoms with van der Waals surface area (Å²) in [7, 11) is 0. The Labute approximate surface area is 107 Å². The maximum atomic E-state index is 10.7. The maximum absolute atomic E-state index is 10.7. The van der Waals surface area contributed by atoms with Crippen molar-refractivity contribution in [2.75, 3.05) is 6.54 Å². The van der Waals surface area contributed by atoms with E-state index in [1.54, 1.807) is 12.1 Å². The van der Waals surface area contributed by atoms with E-state index >= 15 is 0 Å².